The van der Waals surface area contributed by atoms with Crippen molar-refractivity contribution in [2.24, 2.45) is 5.73 Å². The summed E-state index contributed by atoms with van der Waals surface area (Å²) in [5.41, 5.74) is 6.88. The molecule has 0 spiro atoms. The number of benzene rings is 3. The number of primary amides is 1. The molecule has 5 nitrogen and oxygen atoms in total. The van der Waals surface area contributed by atoms with Crippen molar-refractivity contribution in [3.63, 3.8) is 0 Å². The van der Waals surface area contributed by atoms with Gasteiger partial charge in [-0.1, -0.05) is 24.3 Å². The van der Waals surface area contributed by atoms with E-state index in [0.29, 0.717) is 34.3 Å². The van der Waals surface area contributed by atoms with E-state index in [-0.39, 0.29) is 5.52 Å². The number of pyridine rings is 1. The number of urea groups is 1. The van der Waals surface area contributed by atoms with E-state index < -0.39 is 17.8 Å². The second kappa shape index (κ2) is 8.94. The maximum atomic E-state index is 13.4. The summed E-state index contributed by atoms with van der Waals surface area (Å²) in [4.78, 5) is 17.6. The number of ether oxygens (including phenoxy) is 1. The van der Waals surface area contributed by atoms with Crippen LogP contribution in [-0.4, -0.2) is 22.5 Å². The highest BCUT2D eigenvalue weighted by Crippen LogP contribution is 2.36. The largest absolute Gasteiger partial charge is 0.457 e. The van der Waals surface area contributed by atoms with Crippen LogP contribution in [0.5, 0.6) is 11.5 Å². The predicted octanol–water partition coefficient (Wildman–Crippen LogP) is 7.10. The molecule has 1 aromatic heterocycles. The average molecular weight is 477 g/mol. The van der Waals surface area contributed by atoms with Crippen LogP contribution in [0.15, 0.2) is 72.4 Å². The Labute approximate surface area is 199 Å². The van der Waals surface area contributed by atoms with E-state index in [4.69, 9.17) is 10.5 Å². The van der Waals surface area contributed by atoms with E-state index >= 15 is 0 Å². The summed E-state index contributed by atoms with van der Waals surface area (Å²) in [6.07, 6.45) is 0.153. The van der Waals surface area contributed by atoms with E-state index in [9.17, 15) is 18.0 Å². The number of amides is 2. The molecule has 0 saturated carbocycles. The van der Waals surface area contributed by atoms with Gasteiger partial charge < -0.3 is 10.5 Å². The van der Waals surface area contributed by atoms with Crippen molar-refractivity contribution in [1.29, 1.82) is 0 Å². The van der Waals surface area contributed by atoms with Crippen LogP contribution in [0.1, 0.15) is 30.4 Å². The Balaban J connectivity index is 1.44. The molecule has 5 rings (SSSR count). The van der Waals surface area contributed by atoms with Gasteiger partial charge in [-0.3, -0.25) is 4.90 Å². The Morgan fingerprint density at radius 1 is 0.971 bits per heavy atom. The molecule has 35 heavy (non-hydrogen) atoms. The van der Waals surface area contributed by atoms with Gasteiger partial charge in [0.2, 0.25) is 0 Å². The summed E-state index contributed by atoms with van der Waals surface area (Å²) in [6.45, 7) is 0.613. The zero-order valence-corrected chi connectivity index (χ0v) is 18.7. The van der Waals surface area contributed by atoms with E-state index in [1.54, 1.807) is 35.2 Å². The number of aromatic nitrogens is 1. The average Bonchev–Trinajstić information content (AvgIpc) is 2.82. The van der Waals surface area contributed by atoms with Crippen LogP contribution in [-0.2, 0) is 6.18 Å². The molecule has 0 bridgehead atoms. The van der Waals surface area contributed by atoms with Crippen LogP contribution in [0, 0.1) is 0 Å². The molecular weight excluding hydrogens is 455 g/mol. The Morgan fingerprint density at radius 2 is 1.77 bits per heavy atom. The molecule has 2 heterocycles. The van der Waals surface area contributed by atoms with Gasteiger partial charge in [0.1, 0.15) is 11.5 Å². The fourth-order valence-electron chi connectivity index (χ4n) is 4.39. The first kappa shape index (κ1) is 22.7. The number of fused-ring (bicyclic) bond motifs is 2. The summed E-state index contributed by atoms with van der Waals surface area (Å²) >= 11 is 0. The van der Waals surface area contributed by atoms with Gasteiger partial charge in [0.05, 0.1) is 16.6 Å². The number of allylic oxidation sites excluding steroid dienone is 1. The molecule has 1 saturated heterocycles. The molecule has 0 radical (unpaired) electrons. The number of alkyl halides is 3. The zero-order valence-electron chi connectivity index (χ0n) is 18.7. The lowest BCUT2D eigenvalue weighted by Crippen LogP contribution is -2.37. The molecule has 0 atom stereocenters. The number of rotatable bonds is 3. The van der Waals surface area contributed by atoms with Crippen molar-refractivity contribution in [2.75, 3.05) is 6.54 Å². The minimum absolute atomic E-state index is 0.0744. The van der Waals surface area contributed by atoms with Crippen molar-refractivity contribution in [3.05, 3.63) is 83.6 Å². The van der Waals surface area contributed by atoms with Gasteiger partial charge in [0.15, 0.2) is 0 Å². The zero-order chi connectivity index (χ0) is 24.6. The van der Waals surface area contributed by atoms with Crippen molar-refractivity contribution in [3.8, 4) is 11.5 Å². The molecular formula is C27H22F3N3O2. The number of likely N-dealkylation sites (tertiary alicyclic amines) is 1. The van der Waals surface area contributed by atoms with Crippen LogP contribution in [0.3, 0.4) is 0 Å². The molecule has 2 amide bonds. The summed E-state index contributed by atoms with van der Waals surface area (Å²) in [5.74, 6) is 1.13. The normalized spacial score (nSPS) is 15.6. The van der Waals surface area contributed by atoms with E-state index in [0.717, 1.165) is 36.6 Å². The SMILES string of the molecule is NC(=O)N1CCCCC1=Cc1cccc(Oc2ccc3nc4c(C(F)(F)F)cccc4cc3c2)c1. The van der Waals surface area contributed by atoms with Crippen LogP contribution in [0.25, 0.3) is 27.9 Å². The minimum atomic E-state index is -4.48. The highest BCUT2D eigenvalue weighted by atomic mass is 19.4. The topological polar surface area (TPSA) is 68.5 Å². The van der Waals surface area contributed by atoms with Crippen molar-refractivity contribution in [1.82, 2.24) is 9.88 Å². The third kappa shape index (κ3) is 4.77. The van der Waals surface area contributed by atoms with E-state index in [1.165, 1.54) is 6.07 Å². The van der Waals surface area contributed by atoms with Gasteiger partial charge in [-0.2, -0.15) is 13.2 Å². The third-order valence-electron chi connectivity index (χ3n) is 6.02. The maximum Gasteiger partial charge on any atom is 0.418 e. The highest BCUT2D eigenvalue weighted by Gasteiger charge is 2.33. The number of nitrogens with two attached hydrogens (primary N) is 1. The second-order valence-electron chi connectivity index (χ2n) is 8.48. The van der Waals surface area contributed by atoms with Crippen LogP contribution >= 0.6 is 0 Å². The lowest BCUT2D eigenvalue weighted by atomic mass is 10.0. The second-order valence-corrected chi connectivity index (χ2v) is 8.48. The molecule has 1 aliphatic heterocycles. The molecule has 178 valence electrons. The smallest absolute Gasteiger partial charge is 0.418 e. The molecule has 2 N–H and O–H groups in total. The molecule has 1 aliphatic rings. The summed E-state index contributed by atoms with van der Waals surface area (Å²) in [5, 5.41) is 1.08. The number of hydrogen-bond acceptors (Lipinski definition) is 3. The first-order chi connectivity index (χ1) is 16.8. The lowest BCUT2D eigenvalue weighted by Gasteiger charge is -2.28. The van der Waals surface area contributed by atoms with Gasteiger partial charge >= 0.3 is 12.2 Å². The van der Waals surface area contributed by atoms with E-state index in [2.05, 4.69) is 4.98 Å². The standard InChI is InChI=1S/C27H22F3N3O2/c28-27(29,30)23-9-4-6-18-15-19-16-22(10-11-24(19)32-25(18)23)35-21-8-3-5-17(14-21)13-20-7-1-2-12-33(20)26(31)34/h3-6,8-11,13-16H,1-2,7,12H2,(H2,31,34). The number of halogens is 3. The first-order valence-corrected chi connectivity index (χ1v) is 11.2. The van der Waals surface area contributed by atoms with Gasteiger partial charge in [-0.25, -0.2) is 9.78 Å². The Morgan fingerprint density at radius 3 is 2.57 bits per heavy atom. The molecule has 8 heteroatoms. The monoisotopic (exact) mass is 477 g/mol. The van der Waals surface area contributed by atoms with Gasteiger partial charge in [-0.05, 0) is 73.4 Å². The molecule has 0 aliphatic carbocycles. The summed E-state index contributed by atoms with van der Waals surface area (Å²) in [7, 11) is 0. The predicted molar refractivity (Wildman–Crippen MR) is 129 cm³/mol. The fourth-order valence-corrected chi connectivity index (χ4v) is 4.39. The highest BCUT2D eigenvalue weighted by molar-refractivity contribution is 5.94. The lowest BCUT2D eigenvalue weighted by molar-refractivity contribution is -0.136. The van der Waals surface area contributed by atoms with Crippen LogP contribution in [0.2, 0.25) is 0 Å². The van der Waals surface area contributed by atoms with Crippen molar-refractivity contribution in [2.45, 2.75) is 25.4 Å². The van der Waals surface area contributed by atoms with E-state index in [1.807, 2.05) is 30.3 Å². The number of hydrogen-bond donors (Lipinski definition) is 1. The quantitative estimate of drug-likeness (QED) is 0.320. The van der Waals surface area contributed by atoms with Crippen molar-refractivity contribution < 1.29 is 22.7 Å². The number of carbonyl (C=O) groups excluding carboxylic acids is 1. The number of carbonyl (C=O) groups is 1. The summed E-state index contributed by atoms with van der Waals surface area (Å²) in [6, 6.07) is 17.8. The number of nitrogens with zero attached hydrogens (tertiary/aromatic N) is 2. The number of piperidine rings is 1. The van der Waals surface area contributed by atoms with Gasteiger partial charge in [0.25, 0.3) is 0 Å². The van der Waals surface area contributed by atoms with Crippen LogP contribution < -0.4 is 10.5 Å². The minimum Gasteiger partial charge on any atom is -0.457 e. The fraction of sp³-hybridized carbons (Fsp3) is 0.185. The maximum absolute atomic E-state index is 13.4. The Kier molecular flexibility index (Phi) is 5.80. The molecule has 4 aromatic rings. The van der Waals surface area contributed by atoms with Crippen LogP contribution in [0.4, 0.5) is 18.0 Å². The third-order valence-corrected chi connectivity index (χ3v) is 6.02. The Hall–Kier alpha value is -4.07. The Bertz CT molecular complexity index is 1460. The van der Waals surface area contributed by atoms with Crippen molar-refractivity contribution >= 4 is 33.9 Å². The summed E-state index contributed by atoms with van der Waals surface area (Å²) < 4.78 is 46.2. The van der Waals surface area contributed by atoms with Gasteiger partial charge in [0, 0.05) is 23.0 Å². The first-order valence-electron chi connectivity index (χ1n) is 11.2. The van der Waals surface area contributed by atoms with Gasteiger partial charge in [-0.15, -0.1) is 0 Å². The molecule has 0 unspecified atom stereocenters. The molecule has 3 aromatic carbocycles. The number of para-hydroxylation sites is 1. The molecule has 1 fully saturated rings.